The van der Waals surface area contributed by atoms with Crippen LogP contribution >= 0.6 is 23.2 Å². The Morgan fingerprint density at radius 2 is 2.20 bits per heavy atom. The number of fused-ring (bicyclic) bond motifs is 1. The highest BCUT2D eigenvalue weighted by atomic mass is 35.5. The quantitative estimate of drug-likeness (QED) is 0.760. The van der Waals surface area contributed by atoms with Crippen LogP contribution in [0.5, 0.6) is 0 Å². The molecule has 1 aliphatic carbocycles. The molecule has 1 saturated carbocycles. The van der Waals surface area contributed by atoms with Crippen molar-refractivity contribution in [3.63, 3.8) is 0 Å². The second-order valence-corrected chi connectivity index (χ2v) is 6.06. The topological polar surface area (TPSA) is 38.3 Å². The van der Waals surface area contributed by atoms with E-state index in [1.165, 1.54) is 0 Å². The van der Waals surface area contributed by atoms with E-state index in [1.807, 2.05) is 0 Å². The Morgan fingerprint density at radius 1 is 1.53 bits per heavy atom. The standard InChI is InChI=1S/C10H15Cl2NO2/c1-10(2)3-5-8(15-4-13-5)6(10)7(14)9(11)12/h5-6,8-9,13H,3-4H2,1-2H3. The summed E-state index contributed by atoms with van der Waals surface area (Å²) in [5.74, 6) is -0.308. The van der Waals surface area contributed by atoms with Crippen molar-refractivity contribution in [1.29, 1.82) is 0 Å². The van der Waals surface area contributed by atoms with Crippen LogP contribution in [0.15, 0.2) is 0 Å². The van der Waals surface area contributed by atoms with Crippen LogP contribution in [0, 0.1) is 11.3 Å². The first kappa shape index (κ1) is 11.6. The molecule has 0 bridgehead atoms. The van der Waals surface area contributed by atoms with E-state index in [2.05, 4.69) is 19.2 Å². The van der Waals surface area contributed by atoms with Crippen molar-refractivity contribution < 1.29 is 9.53 Å². The molecule has 3 atom stereocenters. The van der Waals surface area contributed by atoms with Gasteiger partial charge in [-0.05, 0) is 11.8 Å². The number of rotatable bonds is 2. The van der Waals surface area contributed by atoms with Crippen molar-refractivity contribution in [2.75, 3.05) is 6.73 Å². The maximum absolute atomic E-state index is 11.9. The molecule has 0 aromatic heterocycles. The van der Waals surface area contributed by atoms with E-state index in [-0.39, 0.29) is 29.3 Å². The van der Waals surface area contributed by atoms with Gasteiger partial charge in [-0.25, -0.2) is 0 Å². The normalized spacial score (nSPS) is 38.3. The molecule has 1 aliphatic heterocycles. The largest absolute Gasteiger partial charge is 0.361 e. The Bertz CT molecular complexity index is 281. The van der Waals surface area contributed by atoms with Gasteiger partial charge in [-0.2, -0.15) is 0 Å². The lowest BCUT2D eigenvalue weighted by Gasteiger charge is -2.28. The van der Waals surface area contributed by atoms with Crippen LogP contribution in [0.25, 0.3) is 0 Å². The first-order valence-corrected chi connectivity index (χ1v) is 5.97. The van der Waals surface area contributed by atoms with Crippen molar-refractivity contribution in [1.82, 2.24) is 5.32 Å². The molecule has 2 aliphatic rings. The number of carbonyl (C=O) groups excluding carboxylic acids is 1. The minimum absolute atomic E-state index is 0.0625. The van der Waals surface area contributed by atoms with Crippen molar-refractivity contribution in [2.24, 2.45) is 11.3 Å². The summed E-state index contributed by atoms with van der Waals surface area (Å²) in [5.41, 5.74) is -0.0954. The second-order valence-electron chi connectivity index (χ2n) is 4.96. The molecular weight excluding hydrogens is 237 g/mol. The summed E-state index contributed by atoms with van der Waals surface area (Å²) in [5, 5.41) is 3.24. The Kier molecular flexibility index (Phi) is 3.01. The number of nitrogens with one attached hydrogen (secondary N) is 1. The van der Waals surface area contributed by atoms with Gasteiger partial charge < -0.3 is 4.74 Å². The number of carbonyl (C=O) groups is 1. The zero-order valence-electron chi connectivity index (χ0n) is 8.80. The van der Waals surface area contributed by atoms with Crippen LogP contribution in [0.4, 0.5) is 0 Å². The fraction of sp³-hybridized carbons (Fsp3) is 0.900. The predicted octanol–water partition coefficient (Wildman–Crippen LogP) is 1.72. The molecule has 2 rings (SSSR count). The third kappa shape index (κ3) is 1.91. The lowest BCUT2D eigenvalue weighted by Crippen LogP contribution is -2.37. The van der Waals surface area contributed by atoms with Gasteiger partial charge in [0, 0.05) is 6.04 Å². The lowest BCUT2D eigenvalue weighted by molar-refractivity contribution is -0.127. The summed E-state index contributed by atoms with van der Waals surface area (Å²) < 4.78 is 5.55. The van der Waals surface area contributed by atoms with E-state index in [9.17, 15) is 4.79 Å². The molecule has 1 saturated heterocycles. The van der Waals surface area contributed by atoms with Crippen LogP contribution in [0.3, 0.4) is 0 Å². The maximum atomic E-state index is 11.9. The summed E-state index contributed by atoms with van der Waals surface area (Å²) in [6.45, 7) is 4.65. The van der Waals surface area contributed by atoms with Gasteiger partial charge in [-0.3, -0.25) is 10.1 Å². The number of halogens is 2. The monoisotopic (exact) mass is 251 g/mol. The molecule has 0 amide bonds. The van der Waals surface area contributed by atoms with Gasteiger partial charge >= 0.3 is 0 Å². The minimum Gasteiger partial charge on any atom is -0.361 e. The summed E-state index contributed by atoms with van der Waals surface area (Å²) >= 11 is 11.3. The molecule has 1 N–H and O–H groups in total. The summed E-state index contributed by atoms with van der Waals surface area (Å²) in [7, 11) is 0. The molecule has 5 heteroatoms. The average molecular weight is 252 g/mol. The molecule has 3 unspecified atom stereocenters. The number of ether oxygens (including phenoxy) is 1. The highest BCUT2D eigenvalue weighted by Gasteiger charge is 2.54. The highest BCUT2D eigenvalue weighted by Crippen LogP contribution is 2.47. The third-order valence-corrected chi connectivity index (χ3v) is 3.89. The molecule has 0 aromatic carbocycles. The first-order valence-electron chi connectivity index (χ1n) is 5.10. The Labute approximate surface area is 99.4 Å². The van der Waals surface area contributed by atoms with Gasteiger partial charge in [0.05, 0.1) is 18.8 Å². The van der Waals surface area contributed by atoms with E-state index in [0.717, 1.165) is 6.42 Å². The molecule has 2 fully saturated rings. The zero-order chi connectivity index (χ0) is 11.2. The molecule has 0 aromatic rings. The van der Waals surface area contributed by atoms with Gasteiger partial charge in [0.25, 0.3) is 0 Å². The van der Waals surface area contributed by atoms with E-state index in [1.54, 1.807) is 0 Å². The molecule has 0 radical (unpaired) electrons. The van der Waals surface area contributed by atoms with Crippen LogP contribution in [-0.2, 0) is 9.53 Å². The fourth-order valence-corrected chi connectivity index (χ4v) is 3.09. The molecule has 0 spiro atoms. The van der Waals surface area contributed by atoms with Gasteiger partial charge in [0.2, 0.25) is 0 Å². The highest BCUT2D eigenvalue weighted by molar-refractivity contribution is 6.54. The Balaban J connectivity index is 2.23. The summed E-state index contributed by atoms with van der Waals surface area (Å²) in [6, 6.07) is 0.265. The smallest absolute Gasteiger partial charge is 0.171 e. The Hall–Kier alpha value is 0.170. The van der Waals surface area contributed by atoms with E-state index >= 15 is 0 Å². The minimum atomic E-state index is -0.947. The van der Waals surface area contributed by atoms with Crippen LogP contribution < -0.4 is 5.32 Å². The number of hydrogen-bond donors (Lipinski definition) is 1. The SMILES string of the molecule is CC1(C)CC2NCOC2C1C(=O)C(Cl)Cl. The fourth-order valence-electron chi connectivity index (χ4n) is 2.82. The molecular formula is C10H15Cl2NO2. The van der Waals surface area contributed by atoms with E-state index in [4.69, 9.17) is 27.9 Å². The number of hydrogen-bond acceptors (Lipinski definition) is 3. The maximum Gasteiger partial charge on any atom is 0.171 e. The van der Waals surface area contributed by atoms with Gasteiger partial charge in [-0.1, -0.05) is 37.0 Å². The van der Waals surface area contributed by atoms with Crippen molar-refractivity contribution in [3.8, 4) is 0 Å². The molecule has 3 nitrogen and oxygen atoms in total. The van der Waals surface area contributed by atoms with E-state index < -0.39 is 4.84 Å². The van der Waals surface area contributed by atoms with Gasteiger partial charge in [0.1, 0.15) is 0 Å². The summed E-state index contributed by atoms with van der Waals surface area (Å²) in [6.07, 6.45) is 0.863. The zero-order valence-corrected chi connectivity index (χ0v) is 10.3. The van der Waals surface area contributed by atoms with Crippen molar-refractivity contribution in [3.05, 3.63) is 0 Å². The predicted molar refractivity (Wildman–Crippen MR) is 59.1 cm³/mol. The summed E-state index contributed by atoms with van der Waals surface area (Å²) in [4.78, 5) is 11.0. The van der Waals surface area contributed by atoms with Gasteiger partial charge in [-0.15, -0.1) is 0 Å². The molecule has 15 heavy (non-hydrogen) atoms. The number of Topliss-reactive ketones (excluding diaryl/α,β-unsaturated/α-hetero) is 1. The van der Waals surface area contributed by atoms with Gasteiger partial charge in [0.15, 0.2) is 10.6 Å². The molecule has 1 heterocycles. The Morgan fingerprint density at radius 3 is 2.80 bits per heavy atom. The van der Waals surface area contributed by atoms with E-state index in [0.29, 0.717) is 6.73 Å². The second kappa shape index (κ2) is 3.88. The number of ketones is 1. The number of alkyl halides is 2. The van der Waals surface area contributed by atoms with Crippen molar-refractivity contribution >= 4 is 29.0 Å². The van der Waals surface area contributed by atoms with Crippen LogP contribution in [0.2, 0.25) is 0 Å². The average Bonchev–Trinajstić information content (AvgIpc) is 2.59. The first-order chi connectivity index (χ1) is 6.93. The third-order valence-electron chi connectivity index (χ3n) is 3.46. The molecule has 86 valence electrons. The van der Waals surface area contributed by atoms with Crippen molar-refractivity contribution in [2.45, 2.75) is 37.3 Å². The lowest BCUT2D eigenvalue weighted by atomic mass is 9.79. The van der Waals surface area contributed by atoms with Crippen LogP contribution in [-0.4, -0.2) is 29.5 Å². The van der Waals surface area contributed by atoms with Crippen LogP contribution in [0.1, 0.15) is 20.3 Å².